The molecule has 0 aliphatic rings. The highest BCUT2D eigenvalue weighted by Crippen LogP contribution is 2.05. The van der Waals surface area contributed by atoms with Crippen molar-refractivity contribution in [1.82, 2.24) is 5.32 Å². The predicted octanol–water partition coefficient (Wildman–Crippen LogP) is 1.78. The van der Waals surface area contributed by atoms with Crippen LogP contribution >= 0.6 is 0 Å². The van der Waals surface area contributed by atoms with Crippen molar-refractivity contribution in [2.45, 2.75) is 39.2 Å². The summed E-state index contributed by atoms with van der Waals surface area (Å²) in [5.74, 6) is -0.0565. The highest BCUT2D eigenvalue weighted by atomic mass is 16.2. The zero-order valence-corrected chi connectivity index (χ0v) is 10.7. The van der Waals surface area contributed by atoms with Gasteiger partial charge in [0.2, 0.25) is 5.91 Å². The topological polar surface area (TPSA) is 55.1 Å². The minimum atomic E-state index is -0.449. The van der Waals surface area contributed by atoms with Gasteiger partial charge < -0.3 is 11.1 Å². The van der Waals surface area contributed by atoms with E-state index in [1.807, 2.05) is 31.2 Å². The molecule has 3 nitrogen and oxygen atoms in total. The Balaban J connectivity index is 2.40. The van der Waals surface area contributed by atoms with Crippen LogP contribution in [0.5, 0.6) is 0 Å². The van der Waals surface area contributed by atoms with Crippen molar-refractivity contribution in [2.75, 3.05) is 6.54 Å². The molecule has 0 heterocycles. The van der Waals surface area contributed by atoms with E-state index in [-0.39, 0.29) is 5.91 Å². The molecular weight excluding hydrogens is 212 g/mol. The van der Waals surface area contributed by atoms with Gasteiger partial charge in [0, 0.05) is 6.54 Å². The minimum absolute atomic E-state index is 0.0565. The summed E-state index contributed by atoms with van der Waals surface area (Å²) in [4.78, 5) is 11.7. The molecule has 1 rings (SSSR count). The SMILES string of the molecule is CCCCNC(=O)[C@@H](N)Cc1ccc(C)cc1. The molecule has 1 aromatic carbocycles. The van der Waals surface area contributed by atoms with E-state index in [9.17, 15) is 4.79 Å². The van der Waals surface area contributed by atoms with Gasteiger partial charge in [-0.15, -0.1) is 0 Å². The molecule has 0 bridgehead atoms. The van der Waals surface area contributed by atoms with Crippen LogP contribution in [-0.4, -0.2) is 18.5 Å². The van der Waals surface area contributed by atoms with Gasteiger partial charge in [-0.25, -0.2) is 0 Å². The third-order valence-electron chi connectivity index (χ3n) is 2.74. The van der Waals surface area contributed by atoms with E-state index in [2.05, 4.69) is 12.2 Å². The van der Waals surface area contributed by atoms with Gasteiger partial charge in [-0.3, -0.25) is 4.79 Å². The van der Waals surface area contributed by atoms with Gasteiger partial charge in [-0.05, 0) is 25.3 Å². The number of amides is 1. The van der Waals surface area contributed by atoms with Crippen LogP contribution in [0.2, 0.25) is 0 Å². The van der Waals surface area contributed by atoms with Gasteiger partial charge in [0.15, 0.2) is 0 Å². The highest BCUT2D eigenvalue weighted by Gasteiger charge is 2.12. The van der Waals surface area contributed by atoms with Crippen molar-refractivity contribution < 1.29 is 4.79 Å². The lowest BCUT2D eigenvalue weighted by atomic mass is 10.0. The fraction of sp³-hybridized carbons (Fsp3) is 0.500. The van der Waals surface area contributed by atoms with Crippen LogP contribution in [0.15, 0.2) is 24.3 Å². The predicted molar refractivity (Wildman–Crippen MR) is 70.8 cm³/mol. The summed E-state index contributed by atoms with van der Waals surface area (Å²) < 4.78 is 0. The van der Waals surface area contributed by atoms with E-state index in [1.165, 1.54) is 5.56 Å². The van der Waals surface area contributed by atoms with Crippen LogP contribution in [0.3, 0.4) is 0 Å². The normalized spacial score (nSPS) is 12.2. The third-order valence-corrected chi connectivity index (χ3v) is 2.74. The Morgan fingerprint density at radius 1 is 1.35 bits per heavy atom. The van der Waals surface area contributed by atoms with Crippen LogP contribution < -0.4 is 11.1 Å². The third kappa shape index (κ3) is 5.00. The number of carbonyl (C=O) groups excluding carboxylic acids is 1. The molecule has 0 fully saturated rings. The summed E-state index contributed by atoms with van der Waals surface area (Å²) in [6.45, 7) is 4.86. The zero-order chi connectivity index (χ0) is 12.7. The van der Waals surface area contributed by atoms with E-state index >= 15 is 0 Å². The molecule has 1 amide bonds. The standard InChI is InChI=1S/C14H22N2O/c1-3-4-9-16-14(17)13(15)10-12-7-5-11(2)6-8-12/h5-8,13H,3-4,9-10,15H2,1-2H3,(H,16,17)/t13-/m0/s1. The zero-order valence-electron chi connectivity index (χ0n) is 10.7. The molecule has 0 saturated carbocycles. The first kappa shape index (κ1) is 13.7. The second-order valence-corrected chi connectivity index (χ2v) is 4.44. The van der Waals surface area contributed by atoms with Crippen LogP contribution in [0, 0.1) is 6.92 Å². The molecule has 94 valence electrons. The fourth-order valence-corrected chi connectivity index (χ4v) is 1.59. The van der Waals surface area contributed by atoms with Crippen LogP contribution in [0.4, 0.5) is 0 Å². The monoisotopic (exact) mass is 234 g/mol. The van der Waals surface area contributed by atoms with E-state index in [1.54, 1.807) is 0 Å². The molecule has 0 aromatic heterocycles. The largest absolute Gasteiger partial charge is 0.355 e. The summed E-state index contributed by atoms with van der Waals surface area (Å²) in [5, 5.41) is 2.85. The number of rotatable bonds is 6. The van der Waals surface area contributed by atoms with E-state index < -0.39 is 6.04 Å². The molecule has 0 aliphatic carbocycles. The van der Waals surface area contributed by atoms with Gasteiger partial charge in [-0.1, -0.05) is 43.2 Å². The molecule has 0 saturated heterocycles. The Labute approximate surface area is 103 Å². The Morgan fingerprint density at radius 2 is 2.00 bits per heavy atom. The maximum Gasteiger partial charge on any atom is 0.237 e. The van der Waals surface area contributed by atoms with Crippen LogP contribution in [0.25, 0.3) is 0 Å². The van der Waals surface area contributed by atoms with Crippen molar-refractivity contribution in [3.8, 4) is 0 Å². The Morgan fingerprint density at radius 3 is 2.59 bits per heavy atom. The summed E-state index contributed by atoms with van der Waals surface area (Å²) >= 11 is 0. The first-order chi connectivity index (χ1) is 8.13. The smallest absolute Gasteiger partial charge is 0.237 e. The van der Waals surface area contributed by atoms with Crippen molar-refractivity contribution in [2.24, 2.45) is 5.73 Å². The molecule has 0 unspecified atom stereocenters. The second-order valence-electron chi connectivity index (χ2n) is 4.44. The van der Waals surface area contributed by atoms with Gasteiger partial charge in [-0.2, -0.15) is 0 Å². The molecule has 1 atom stereocenters. The summed E-state index contributed by atoms with van der Waals surface area (Å²) in [7, 11) is 0. The first-order valence-electron chi connectivity index (χ1n) is 6.22. The average molecular weight is 234 g/mol. The average Bonchev–Trinajstić information content (AvgIpc) is 2.32. The molecule has 0 spiro atoms. The lowest BCUT2D eigenvalue weighted by Gasteiger charge is -2.12. The number of hydrogen-bond acceptors (Lipinski definition) is 2. The van der Waals surface area contributed by atoms with E-state index in [4.69, 9.17) is 5.73 Å². The maximum atomic E-state index is 11.7. The molecule has 17 heavy (non-hydrogen) atoms. The van der Waals surface area contributed by atoms with Crippen molar-refractivity contribution >= 4 is 5.91 Å². The van der Waals surface area contributed by atoms with Gasteiger partial charge in [0.25, 0.3) is 0 Å². The van der Waals surface area contributed by atoms with E-state index in [0.717, 1.165) is 24.9 Å². The summed E-state index contributed by atoms with van der Waals surface area (Å²) in [6.07, 6.45) is 2.68. The summed E-state index contributed by atoms with van der Waals surface area (Å²) in [6, 6.07) is 7.67. The first-order valence-corrected chi connectivity index (χ1v) is 6.22. The Hall–Kier alpha value is -1.35. The lowest BCUT2D eigenvalue weighted by Crippen LogP contribution is -2.42. The maximum absolute atomic E-state index is 11.7. The van der Waals surface area contributed by atoms with Crippen molar-refractivity contribution in [3.05, 3.63) is 35.4 Å². The quantitative estimate of drug-likeness (QED) is 0.737. The Bertz CT molecular complexity index is 346. The number of benzene rings is 1. The number of unbranched alkanes of at least 4 members (excludes halogenated alkanes) is 1. The second kappa shape index (κ2) is 7.07. The van der Waals surface area contributed by atoms with Gasteiger partial charge in [0.05, 0.1) is 6.04 Å². The van der Waals surface area contributed by atoms with Crippen LogP contribution in [0.1, 0.15) is 30.9 Å². The molecule has 1 aromatic rings. The number of nitrogens with two attached hydrogens (primary N) is 1. The minimum Gasteiger partial charge on any atom is -0.355 e. The number of nitrogens with one attached hydrogen (secondary N) is 1. The molecule has 3 N–H and O–H groups in total. The lowest BCUT2D eigenvalue weighted by molar-refractivity contribution is -0.122. The number of carbonyl (C=O) groups is 1. The molecule has 0 radical (unpaired) electrons. The fourth-order valence-electron chi connectivity index (χ4n) is 1.59. The molecular formula is C14H22N2O. The number of hydrogen-bond donors (Lipinski definition) is 2. The number of aryl methyl sites for hydroxylation is 1. The van der Waals surface area contributed by atoms with Gasteiger partial charge in [0.1, 0.15) is 0 Å². The molecule has 0 aliphatic heterocycles. The molecule has 3 heteroatoms. The van der Waals surface area contributed by atoms with Crippen molar-refractivity contribution in [1.29, 1.82) is 0 Å². The van der Waals surface area contributed by atoms with Gasteiger partial charge >= 0.3 is 0 Å². The highest BCUT2D eigenvalue weighted by molar-refractivity contribution is 5.81. The van der Waals surface area contributed by atoms with E-state index in [0.29, 0.717) is 6.42 Å². The Kier molecular flexibility index (Phi) is 5.70. The summed E-state index contributed by atoms with van der Waals surface area (Å²) in [5.41, 5.74) is 8.18. The van der Waals surface area contributed by atoms with Crippen molar-refractivity contribution in [3.63, 3.8) is 0 Å². The van der Waals surface area contributed by atoms with Crippen LogP contribution in [-0.2, 0) is 11.2 Å².